The summed E-state index contributed by atoms with van der Waals surface area (Å²) < 4.78 is 5.72. The molecule has 6 heteroatoms. The Balaban J connectivity index is 1.50. The summed E-state index contributed by atoms with van der Waals surface area (Å²) in [6, 6.07) is 8.25. The molecule has 1 N–H and O–H groups in total. The molecule has 0 saturated carbocycles. The number of guanidine groups is 1. The van der Waals surface area contributed by atoms with E-state index in [-0.39, 0.29) is 5.91 Å². The van der Waals surface area contributed by atoms with Crippen molar-refractivity contribution in [3.8, 4) is 0 Å². The number of hydrogen-bond acceptors (Lipinski definition) is 3. The molecule has 6 nitrogen and oxygen atoms in total. The lowest BCUT2D eigenvalue weighted by Gasteiger charge is -2.34. The maximum atomic E-state index is 11.8. The highest BCUT2D eigenvalue weighted by Gasteiger charge is 2.22. The number of nitrogens with zero attached hydrogens (tertiary/aromatic N) is 3. The third kappa shape index (κ3) is 4.55. The smallest absolute Gasteiger partial charge is 0.227 e. The number of carbonyl (C=O) groups is 1. The monoisotopic (exact) mass is 358 g/mol. The second-order valence-electron chi connectivity index (χ2n) is 6.86. The first kappa shape index (κ1) is 18.7. The molecule has 0 bridgehead atoms. The summed E-state index contributed by atoms with van der Waals surface area (Å²) >= 11 is 0. The van der Waals surface area contributed by atoms with E-state index in [2.05, 4.69) is 34.3 Å². The topological polar surface area (TPSA) is 57.2 Å². The highest BCUT2D eigenvalue weighted by molar-refractivity contribution is 5.95. The number of likely N-dealkylation sites (tertiary alicyclic amines) is 1. The van der Waals surface area contributed by atoms with Crippen LogP contribution in [-0.4, -0.2) is 56.2 Å². The number of nitrogens with one attached hydrogen (secondary N) is 1. The van der Waals surface area contributed by atoms with Crippen molar-refractivity contribution < 1.29 is 9.53 Å². The lowest BCUT2D eigenvalue weighted by molar-refractivity contribution is -0.117. The first-order chi connectivity index (χ1) is 12.7. The first-order valence-corrected chi connectivity index (χ1v) is 9.67. The molecule has 0 aliphatic carbocycles. The van der Waals surface area contributed by atoms with Crippen LogP contribution in [0.4, 0.5) is 5.69 Å². The quantitative estimate of drug-likeness (QED) is 0.649. The minimum atomic E-state index is 0.228. The Morgan fingerprint density at radius 1 is 1.23 bits per heavy atom. The lowest BCUT2D eigenvalue weighted by Crippen LogP contribution is -2.46. The molecule has 1 aromatic carbocycles. The summed E-state index contributed by atoms with van der Waals surface area (Å²) in [4.78, 5) is 20.4. The van der Waals surface area contributed by atoms with Crippen LogP contribution in [0, 0.1) is 0 Å². The molecule has 0 unspecified atom stereocenters. The van der Waals surface area contributed by atoms with Crippen LogP contribution < -0.4 is 10.2 Å². The molecule has 3 rings (SSSR count). The zero-order chi connectivity index (χ0) is 18.4. The van der Waals surface area contributed by atoms with Gasteiger partial charge in [-0.2, -0.15) is 0 Å². The van der Waals surface area contributed by atoms with Gasteiger partial charge in [0.25, 0.3) is 0 Å². The minimum absolute atomic E-state index is 0.228. The van der Waals surface area contributed by atoms with Crippen LogP contribution in [0.15, 0.2) is 29.3 Å². The van der Waals surface area contributed by atoms with Crippen molar-refractivity contribution in [2.24, 2.45) is 4.99 Å². The second kappa shape index (κ2) is 9.03. The molecule has 0 aromatic heterocycles. The SMILES string of the molecule is CCOC1CCN(C(=NC)NCc2ccc(N3CCCC3=O)cc2)CC1. The van der Waals surface area contributed by atoms with Crippen molar-refractivity contribution in [3.63, 3.8) is 0 Å². The number of carbonyl (C=O) groups excluding carboxylic acids is 1. The van der Waals surface area contributed by atoms with Crippen LogP contribution in [-0.2, 0) is 16.1 Å². The van der Waals surface area contributed by atoms with Crippen LogP contribution in [0.3, 0.4) is 0 Å². The summed E-state index contributed by atoms with van der Waals surface area (Å²) in [5, 5.41) is 3.45. The molecule has 1 aromatic rings. The summed E-state index contributed by atoms with van der Waals surface area (Å²) in [6.07, 6.45) is 4.10. The second-order valence-corrected chi connectivity index (χ2v) is 6.86. The van der Waals surface area contributed by atoms with Gasteiger partial charge < -0.3 is 19.9 Å². The number of ether oxygens (including phenoxy) is 1. The minimum Gasteiger partial charge on any atom is -0.378 e. The Kier molecular flexibility index (Phi) is 6.50. The zero-order valence-electron chi connectivity index (χ0n) is 15.9. The van der Waals surface area contributed by atoms with E-state index in [0.717, 1.165) is 63.7 Å². The Bertz CT molecular complexity index is 621. The van der Waals surface area contributed by atoms with E-state index in [1.165, 1.54) is 5.56 Å². The third-order valence-electron chi connectivity index (χ3n) is 5.13. The van der Waals surface area contributed by atoms with Crippen molar-refractivity contribution in [2.75, 3.05) is 38.2 Å². The van der Waals surface area contributed by atoms with Gasteiger partial charge in [0, 0.05) is 51.9 Å². The van der Waals surface area contributed by atoms with Gasteiger partial charge in [0.2, 0.25) is 5.91 Å². The van der Waals surface area contributed by atoms with Gasteiger partial charge in [0.1, 0.15) is 0 Å². The molecule has 0 atom stereocenters. The molecular weight excluding hydrogens is 328 g/mol. The molecule has 1 amide bonds. The molecule has 0 spiro atoms. The number of rotatable bonds is 5. The number of amides is 1. The van der Waals surface area contributed by atoms with Gasteiger partial charge in [-0.3, -0.25) is 9.79 Å². The van der Waals surface area contributed by atoms with Crippen LogP contribution in [0.2, 0.25) is 0 Å². The summed E-state index contributed by atoms with van der Waals surface area (Å²) in [5.41, 5.74) is 2.18. The van der Waals surface area contributed by atoms with Crippen molar-refractivity contribution in [1.82, 2.24) is 10.2 Å². The van der Waals surface area contributed by atoms with Gasteiger partial charge in [-0.1, -0.05) is 12.1 Å². The highest BCUT2D eigenvalue weighted by atomic mass is 16.5. The molecule has 2 aliphatic rings. The average molecular weight is 358 g/mol. The van der Waals surface area contributed by atoms with Gasteiger partial charge >= 0.3 is 0 Å². The summed E-state index contributed by atoms with van der Waals surface area (Å²) in [6.45, 7) is 6.35. The Labute approximate surface area is 156 Å². The van der Waals surface area contributed by atoms with E-state index in [0.29, 0.717) is 12.5 Å². The molecule has 2 heterocycles. The van der Waals surface area contributed by atoms with Gasteiger partial charge in [0.05, 0.1) is 6.10 Å². The first-order valence-electron chi connectivity index (χ1n) is 9.67. The summed E-state index contributed by atoms with van der Waals surface area (Å²) in [5.74, 6) is 1.17. The Morgan fingerprint density at radius 3 is 2.54 bits per heavy atom. The van der Waals surface area contributed by atoms with Crippen LogP contribution >= 0.6 is 0 Å². The van der Waals surface area contributed by atoms with E-state index in [1.54, 1.807) is 0 Å². The Hall–Kier alpha value is -2.08. The number of hydrogen-bond donors (Lipinski definition) is 1. The van der Waals surface area contributed by atoms with Crippen molar-refractivity contribution in [1.29, 1.82) is 0 Å². The van der Waals surface area contributed by atoms with E-state index in [4.69, 9.17) is 4.74 Å². The van der Waals surface area contributed by atoms with Crippen LogP contribution in [0.5, 0.6) is 0 Å². The fourth-order valence-corrected chi connectivity index (χ4v) is 3.70. The highest BCUT2D eigenvalue weighted by Crippen LogP contribution is 2.21. The standard InChI is InChI=1S/C20H30N4O2/c1-3-26-18-10-13-23(14-11-18)20(21-2)22-15-16-6-8-17(9-7-16)24-12-4-5-19(24)25/h6-9,18H,3-5,10-15H2,1-2H3,(H,21,22). The third-order valence-corrected chi connectivity index (χ3v) is 5.13. The van der Waals surface area contributed by atoms with E-state index < -0.39 is 0 Å². The molecule has 26 heavy (non-hydrogen) atoms. The van der Waals surface area contributed by atoms with Gasteiger partial charge in [0.15, 0.2) is 5.96 Å². The van der Waals surface area contributed by atoms with Gasteiger partial charge in [-0.15, -0.1) is 0 Å². The van der Waals surface area contributed by atoms with Crippen LogP contribution in [0.25, 0.3) is 0 Å². The number of anilines is 1. The zero-order valence-corrected chi connectivity index (χ0v) is 15.9. The maximum absolute atomic E-state index is 11.8. The fourth-order valence-electron chi connectivity index (χ4n) is 3.70. The van der Waals surface area contributed by atoms with E-state index in [9.17, 15) is 4.79 Å². The summed E-state index contributed by atoms with van der Waals surface area (Å²) in [7, 11) is 1.83. The predicted molar refractivity (Wildman–Crippen MR) is 104 cm³/mol. The lowest BCUT2D eigenvalue weighted by atomic mass is 10.1. The maximum Gasteiger partial charge on any atom is 0.227 e. The molecule has 2 aliphatic heterocycles. The molecule has 0 radical (unpaired) electrons. The normalized spacial score (nSPS) is 19.3. The van der Waals surface area contributed by atoms with E-state index in [1.807, 2.05) is 24.1 Å². The van der Waals surface area contributed by atoms with Gasteiger partial charge in [-0.25, -0.2) is 0 Å². The van der Waals surface area contributed by atoms with Crippen molar-refractivity contribution >= 4 is 17.6 Å². The Morgan fingerprint density at radius 2 is 1.96 bits per heavy atom. The average Bonchev–Trinajstić information content (AvgIpc) is 3.10. The van der Waals surface area contributed by atoms with Crippen molar-refractivity contribution in [2.45, 2.75) is 45.3 Å². The molecular formula is C20H30N4O2. The number of benzene rings is 1. The van der Waals surface area contributed by atoms with Crippen LogP contribution in [0.1, 0.15) is 38.2 Å². The number of aliphatic imine (C=N–C) groups is 1. The van der Waals surface area contributed by atoms with E-state index >= 15 is 0 Å². The molecule has 2 saturated heterocycles. The molecule has 2 fully saturated rings. The van der Waals surface area contributed by atoms with Crippen molar-refractivity contribution in [3.05, 3.63) is 29.8 Å². The largest absolute Gasteiger partial charge is 0.378 e. The predicted octanol–water partition coefficient (Wildman–Crippen LogP) is 2.39. The molecule has 142 valence electrons. The van der Waals surface area contributed by atoms with Gasteiger partial charge in [-0.05, 0) is 43.9 Å². The fraction of sp³-hybridized carbons (Fsp3) is 0.600. The number of piperidine rings is 1.